The number of amides is 4. The monoisotopic (exact) mass is 365 g/mol. The van der Waals surface area contributed by atoms with Gasteiger partial charge in [0.1, 0.15) is 0 Å². The highest BCUT2D eigenvalue weighted by Gasteiger charge is 2.44. The van der Waals surface area contributed by atoms with Gasteiger partial charge in [0.05, 0.1) is 16.8 Å². The maximum absolute atomic E-state index is 12.5. The van der Waals surface area contributed by atoms with Gasteiger partial charge < -0.3 is 10.6 Å². The van der Waals surface area contributed by atoms with Gasteiger partial charge in [0.25, 0.3) is 11.8 Å². The lowest BCUT2D eigenvalue weighted by molar-refractivity contribution is 0.0642. The van der Waals surface area contributed by atoms with Crippen LogP contribution in [0.3, 0.4) is 0 Å². The molecule has 1 aliphatic heterocycles. The Labute approximate surface area is 156 Å². The van der Waals surface area contributed by atoms with Crippen LogP contribution in [0.2, 0.25) is 0 Å². The van der Waals surface area contributed by atoms with Crippen molar-refractivity contribution in [3.05, 3.63) is 53.6 Å². The minimum Gasteiger partial charge on any atom is -0.335 e. The number of fused-ring (bicyclic) bond motifs is 1. The van der Waals surface area contributed by atoms with E-state index in [1.165, 1.54) is 4.90 Å². The predicted octanol–water partition coefficient (Wildman–Crippen LogP) is 1.99. The van der Waals surface area contributed by atoms with Crippen LogP contribution in [0.25, 0.3) is 0 Å². The molecule has 0 spiro atoms. The molecule has 0 radical (unpaired) electrons. The van der Waals surface area contributed by atoms with Crippen LogP contribution in [-0.4, -0.2) is 44.8 Å². The van der Waals surface area contributed by atoms with Gasteiger partial charge in [-0.2, -0.15) is 0 Å². The molecule has 1 saturated carbocycles. The topological polar surface area (TPSA) is 104 Å². The third-order valence-electron chi connectivity index (χ3n) is 4.60. The molecule has 0 saturated heterocycles. The van der Waals surface area contributed by atoms with E-state index in [1.807, 2.05) is 6.92 Å². The zero-order valence-corrected chi connectivity index (χ0v) is 14.8. The summed E-state index contributed by atoms with van der Waals surface area (Å²) in [5, 5.41) is 5.54. The van der Waals surface area contributed by atoms with E-state index in [9.17, 15) is 14.4 Å². The lowest BCUT2D eigenvalue weighted by atomic mass is 10.1. The molecule has 1 atom stereocenters. The molecule has 8 nitrogen and oxygen atoms in total. The number of nitrogens with zero attached hydrogens (tertiary/aromatic N) is 3. The van der Waals surface area contributed by atoms with Crippen molar-refractivity contribution in [3.8, 4) is 0 Å². The number of carbonyl (C=O) groups excluding carboxylic acids is 3. The molecule has 2 N–H and O–H groups in total. The van der Waals surface area contributed by atoms with E-state index >= 15 is 0 Å². The number of benzene rings is 1. The number of aromatic nitrogens is 2. The van der Waals surface area contributed by atoms with E-state index in [1.54, 1.807) is 36.8 Å². The Kier molecular flexibility index (Phi) is 4.31. The Morgan fingerprint density at radius 1 is 1.22 bits per heavy atom. The van der Waals surface area contributed by atoms with Crippen LogP contribution in [0.1, 0.15) is 46.2 Å². The molecule has 2 aliphatic rings. The Balaban J connectivity index is 1.39. The molecular weight excluding hydrogens is 346 g/mol. The van der Waals surface area contributed by atoms with Crippen LogP contribution in [0.5, 0.6) is 0 Å². The first-order valence-electron chi connectivity index (χ1n) is 8.87. The predicted molar refractivity (Wildman–Crippen MR) is 97.3 cm³/mol. The molecule has 2 heterocycles. The van der Waals surface area contributed by atoms with Crippen LogP contribution < -0.4 is 10.6 Å². The van der Waals surface area contributed by atoms with Crippen LogP contribution in [0.4, 0.5) is 10.5 Å². The van der Waals surface area contributed by atoms with Crippen molar-refractivity contribution in [1.29, 1.82) is 0 Å². The van der Waals surface area contributed by atoms with Gasteiger partial charge in [0.2, 0.25) is 0 Å². The standard InChI is InChI=1S/C19H19N5O3/c1-11(8-13-10-20-6-7-21-13)22-19(27)23-12-2-5-15-16(9-12)18(26)24(17(15)25)14-3-4-14/h2,5-7,9-11,14H,3-4,8H2,1H3,(H2,22,23,27)/t11-/m0/s1. The number of hydrogen-bond acceptors (Lipinski definition) is 5. The number of imide groups is 1. The van der Waals surface area contributed by atoms with Crippen molar-refractivity contribution in [2.75, 3.05) is 5.32 Å². The fourth-order valence-electron chi connectivity index (χ4n) is 3.19. The largest absolute Gasteiger partial charge is 0.335 e. The summed E-state index contributed by atoms with van der Waals surface area (Å²) in [6, 6.07) is 4.28. The normalized spacial score (nSPS) is 16.9. The third kappa shape index (κ3) is 3.51. The van der Waals surface area contributed by atoms with Crippen molar-refractivity contribution in [2.45, 2.75) is 38.3 Å². The van der Waals surface area contributed by atoms with Crippen LogP contribution >= 0.6 is 0 Å². The second-order valence-electron chi connectivity index (χ2n) is 6.87. The fraction of sp³-hybridized carbons (Fsp3) is 0.316. The molecular formula is C19H19N5O3. The molecule has 4 rings (SSSR count). The summed E-state index contributed by atoms with van der Waals surface area (Å²) >= 11 is 0. The van der Waals surface area contributed by atoms with Gasteiger partial charge >= 0.3 is 6.03 Å². The SMILES string of the molecule is C[C@@H](Cc1cnccn1)NC(=O)Nc1ccc2c(c1)C(=O)N(C1CC1)C2=O. The highest BCUT2D eigenvalue weighted by Crippen LogP contribution is 2.35. The molecule has 1 aromatic heterocycles. The molecule has 1 aromatic carbocycles. The Morgan fingerprint density at radius 2 is 2.00 bits per heavy atom. The van der Waals surface area contributed by atoms with E-state index in [0.29, 0.717) is 23.2 Å². The number of hydrogen-bond donors (Lipinski definition) is 2. The van der Waals surface area contributed by atoms with E-state index in [-0.39, 0.29) is 29.9 Å². The summed E-state index contributed by atoms with van der Waals surface area (Å²) < 4.78 is 0. The van der Waals surface area contributed by atoms with Gasteiger partial charge in [-0.05, 0) is 38.0 Å². The van der Waals surface area contributed by atoms with E-state index in [0.717, 1.165) is 18.5 Å². The van der Waals surface area contributed by atoms with Crippen molar-refractivity contribution in [2.24, 2.45) is 0 Å². The lowest BCUT2D eigenvalue weighted by Crippen LogP contribution is -2.37. The maximum atomic E-state index is 12.5. The molecule has 8 heteroatoms. The van der Waals surface area contributed by atoms with Gasteiger partial charge in [-0.25, -0.2) is 4.79 Å². The minimum atomic E-state index is -0.387. The van der Waals surface area contributed by atoms with Crippen molar-refractivity contribution >= 4 is 23.5 Å². The Hall–Kier alpha value is -3.29. The second-order valence-corrected chi connectivity index (χ2v) is 6.87. The van der Waals surface area contributed by atoms with Crippen LogP contribution in [-0.2, 0) is 6.42 Å². The second kappa shape index (κ2) is 6.79. The zero-order chi connectivity index (χ0) is 19.0. The minimum absolute atomic E-state index is 0.0269. The highest BCUT2D eigenvalue weighted by atomic mass is 16.2. The molecule has 27 heavy (non-hydrogen) atoms. The van der Waals surface area contributed by atoms with Gasteiger partial charge in [-0.1, -0.05) is 0 Å². The summed E-state index contributed by atoms with van der Waals surface area (Å²) in [6.07, 6.45) is 7.14. The van der Waals surface area contributed by atoms with Crippen molar-refractivity contribution in [3.63, 3.8) is 0 Å². The van der Waals surface area contributed by atoms with Gasteiger partial charge in [-0.15, -0.1) is 0 Å². The highest BCUT2D eigenvalue weighted by molar-refractivity contribution is 6.22. The van der Waals surface area contributed by atoms with Gasteiger partial charge in [0, 0.05) is 42.8 Å². The van der Waals surface area contributed by atoms with E-state index in [4.69, 9.17) is 0 Å². The van der Waals surface area contributed by atoms with Crippen LogP contribution in [0, 0.1) is 0 Å². The van der Waals surface area contributed by atoms with Crippen molar-refractivity contribution in [1.82, 2.24) is 20.2 Å². The van der Waals surface area contributed by atoms with Gasteiger partial charge in [0.15, 0.2) is 0 Å². The summed E-state index contributed by atoms with van der Waals surface area (Å²) in [7, 11) is 0. The number of carbonyl (C=O) groups is 3. The third-order valence-corrected chi connectivity index (χ3v) is 4.60. The van der Waals surface area contributed by atoms with Gasteiger partial charge in [-0.3, -0.25) is 24.5 Å². The maximum Gasteiger partial charge on any atom is 0.319 e. The summed E-state index contributed by atoms with van der Waals surface area (Å²) in [5.41, 5.74) is 2.00. The Bertz CT molecular complexity index is 911. The first-order valence-corrected chi connectivity index (χ1v) is 8.87. The van der Waals surface area contributed by atoms with Crippen LogP contribution in [0.15, 0.2) is 36.8 Å². The summed E-state index contributed by atoms with van der Waals surface area (Å²) in [6.45, 7) is 1.87. The average Bonchev–Trinajstić information content (AvgIpc) is 3.43. The van der Waals surface area contributed by atoms with E-state index < -0.39 is 0 Å². The lowest BCUT2D eigenvalue weighted by Gasteiger charge is -2.14. The molecule has 4 amide bonds. The molecule has 138 valence electrons. The molecule has 2 aromatic rings. The molecule has 1 fully saturated rings. The number of urea groups is 1. The molecule has 0 unspecified atom stereocenters. The first kappa shape index (κ1) is 17.1. The molecule has 0 bridgehead atoms. The summed E-state index contributed by atoms with van der Waals surface area (Å²) in [5.74, 6) is -0.524. The first-order chi connectivity index (χ1) is 13.0. The smallest absolute Gasteiger partial charge is 0.319 e. The van der Waals surface area contributed by atoms with Crippen molar-refractivity contribution < 1.29 is 14.4 Å². The molecule has 1 aliphatic carbocycles. The number of anilines is 1. The average molecular weight is 365 g/mol. The quantitative estimate of drug-likeness (QED) is 0.789. The number of nitrogens with one attached hydrogen (secondary N) is 2. The fourth-order valence-corrected chi connectivity index (χ4v) is 3.19. The Morgan fingerprint density at radius 3 is 2.70 bits per heavy atom. The van der Waals surface area contributed by atoms with E-state index in [2.05, 4.69) is 20.6 Å². The summed E-state index contributed by atoms with van der Waals surface area (Å²) in [4.78, 5) is 46.5. The zero-order valence-electron chi connectivity index (χ0n) is 14.8. The number of rotatable bonds is 5.